The maximum absolute atomic E-state index is 5.57. The predicted molar refractivity (Wildman–Crippen MR) is 107 cm³/mol. The minimum atomic E-state index is 0. The van der Waals surface area contributed by atoms with Gasteiger partial charge in [0.15, 0.2) is 11.5 Å². The Balaban J connectivity index is 0.00000196. The van der Waals surface area contributed by atoms with Crippen molar-refractivity contribution in [1.29, 1.82) is 0 Å². The molecule has 4 rings (SSSR count). The number of pyridine rings is 1. The summed E-state index contributed by atoms with van der Waals surface area (Å²) in [5.74, 6) is 1.74. The van der Waals surface area contributed by atoms with Crippen molar-refractivity contribution in [2.24, 2.45) is 0 Å². The number of rotatable bonds is 4. The first-order chi connectivity index (χ1) is 12.2. The van der Waals surface area contributed by atoms with Crippen LogP contribution in [0.5, 0.6) is 0 Å². The Hall–Kier alpha value is -2.26. The van der Waals surface area contributed by atoms with Crippen LogP contribution in [0.3, 0.4) is 0 Å². The van der Waals surface area contributed by atoms with Crippen LogP contribution >= 0.6 is 11.9 Å². The number of ether oxygens (including phenoxy) is 1. The fourth-order valence-corrected chi connectivity index (χ4v) is 3.44. The normalized spacial score (nSPS) is 17.3. The van der Waals surface area contributed by atoms with Crippen molar-refractivity contribution in [2.75, 3.05) is 42.3 Å². The lowest BCUT2D eigenvalue weighted by Gasteiger charge is -2.34. The molecule has 1 aliphatic rings. The van der Waals surface area contributed by atoms with Crippen LogP contribution < -0.4 is 9.21 Å². The quantitative estimate of drug-likeness (QED) is 0.703. The number of aromatic nitrogens is 5. The lowest BCUT2D eigenvalue weighted by Crippen LogP contribution is -2.44. The molecule has 0 saturated carbocycles. The number of H-pyrrole nitrogens is 1. The Kier molecular flexibility index (Phi) is 5.38. The largest absolute Gasteiger partial charge is 0.377 e. The molecule has 1 fully saturated rings. The molecule has 0 aliphatic carbocycles. The van der Waals surface area contributed by atoms with Gasteiger partial charge in [-0.3, -0.25) is 5.10 Å². The highest BCUT2D eigenvalue weighted by atomic mass is 32.2. The highest BCUT2D eigenvalue weighted by Crippen LogP contribution is 2.33. The van der Waals surface area contributed by atoms with Crippen molar-refractivity contribution in [3.63, 3.8) is 0 Å². The van der Waals surface area contributed by atoms with Gasteiger partial charge in [-0.2, -0.15) is 14.9 Å². The molecule has 0 radical (unpaired) electrons. The zero-order valence-electron chi connectivity index (χ0n) is 14.5. The zero-order chi connectivity index (χ0) is 17.4. The van der Waals surface area contributed by atoms with E-state index in [1.165, 1.54) is 0 Å². The Morgan fingerprint density at radius 1 is 1.42 bits per heavy atom. The molecule has 26 heavy (non-hydrogen) atoms. The minimum absolute atomic E-state index is 0. The van der Waals surface area contributed by atoms with Crippen LogP contribution in [0.1, 0.15) is 14.4 Å². The van der Waals surface area contributed by atoms with Gasteiger partial charge in [0, 0.05) is 32.0 Å². The van der Waals surface area contributed by atoms with Crippen molar-refractivity contribution in [3.8, 4) is 5.82 Å². The molecule has 1 N–H and O–H groups in total. The van der Waals surface area contributed by atoms with Crippen LogP contribution in [0.25, 0.3) is 16.9 Å². The van der Waals surface area contributed by atoms with E-state index >= 15 is 0 Å². The molecule has 4 heterocycles. The highest BCUT2D eigenvalue weighted by Gasteiger charge is 2.23. The number of hydrogen-bond donors (Lipinski definition) is 1. The summed E-state index contributed by atoms with van der Waals surface area (Å²) in [7, 11) is 2.06. The van der Waals surface area contributed by atoms with E-state index in [0.717, 1.165) is 41.5 Å². The molecule has 0 amide bonds. The minimum Gasteiger partial charge on any atom is -0.377 e. The molecule has 1 atom stereocenters. The summed E-state index contributed by atoms with van der Waals surface area (Å²) in [6.07, 6.45) is 5.63. The lowest BCUT2D eigenvalue weighted by atomic mass is 10.2. The average molecular weight is 376 g/mol. The van der Waals surface area contributed by atoms with Gasteiger partial charge < -0.3 is 13.9 Å². The predicted octanol–water partition coefficient (Wildman–Crippen LogP) is 2.72. The first-order valence-corrected chi connectivity index (χ1v) is 9.38. The molecule has 1 saturated heterocycles. The fourth-order valence-electron chi connectivity index (χ4n) is 3.09. The number of morpholine rings is 1. The van der Waals surface area contributed by atoms with Gasteiger partial charge >= 0.3 is 0 Å². The van der Waals surface area contributed by atoms with Gasteiger partial charge in [-0.1, -0.05) is 19.4 Å². The maximum atomic E-state index is 5.57. The monoisotopic (exact) mass is 375 g/mol. The average Bonchev–Trinajstić information content (AvgIpc) is 3.29. The number of aromatic amines is 1. The smallest absolute Gasteiger partial charge is 0.169 e. The Bertz CT molecular complexity index is 864. The first-order valence-electron chi connectivity index (χ1n) is 8.20. The molecule has 3 aromatic rings. The van der Waals surface area contributed by atoms with E-state index in [9.17, 15) is 0 Å². The van der Waals surface area contributed by atoms with Gasteiger partial charge in [-0.05, 0) is 6.92 Å². The third-order valence-electron chi connectivity index (χ3n) is 4.50. The standard InChI is InChI=1S/C16H21N7OS.CH4/c1-11-10-24-7-6-22(11)15-8-13(21(2)25-3)12-9-18-23(16(12)19-15)14-4-5-17-20-14;/h4-5,8-9,11H,6-7,10H2,1-3H3,(H,17,20);1H4. The Morgan fingerprint density at radius 3 is 2.96 bits per heavy atom. The molecule has 3 aromatic heterocycles. The molecular formula is C17H25N7OS. The Morgan fingerprint density at radius 2 is 2.27 bits per heavy atom. The van der Waals surface area contributed by atoms with Gasteiger partial charge in [0.2, 0.25) is 0 Å². The molecule has 8 nitrogen and oxygen atoms in total. The SMILES string of the molecule is C.CSN(C)c1cc(N2CCOCC2C)nc2c1cnn2-c1ccn[nH]1. The van der Waals surface area contributed by atoms with E-state index in [0.29, 0.717) is 6.61 Å². The topological polar surface area (TPSA) is 75.1 Å². The molecule has 1 unspecified atom stereocenters. The van der Waals surface area contributed by atoms with Crippen LogP contribution in [0.2, 0.25) is 0 Å². The number of nitrogens with one attached hydrogen (secondary N) is 1. The van der Waals surface area contributed by atoms with Crippen molar-refractivity contribution in [3.05, 3.63) is 24.5 Å². The maximum Gasteiger partial charge on any atom is 0.169 e. The molecule has 9 heteroatoms. The second-order valence-corrected chi connectivity index (χ2v) is 6.95. The van der Waals surface area contributed by atoms with Crippen molar-refractivity contribution in [1.82, 2.24) is 25.0 Å². The number of nitrogens with zero attached hydrogens (tertiary/aromatic N) is 6. The zero-order valence-corrected chi connectivity index (χ0v) is 15.3. The van der Waals surface area contributed by atoms with E-state index in [1.807, 2.05) is 12.3 Å². The van der Waals surface area contributed by atoms with Crippen LogP contribution in [-0.4, -0.2) is 64.1 Å². The van der Waals surface area contributed by atoms with Gasteiger partial charge in [0.25, 0.3) is 0 Å². The van der Waals surface area contributed by atoms with E-state index in [1.54, 1.807) is 22.8 Å². The summed E-state index contributed by atoms with van der Waals surface area (Å²) in [5.41, 5.74) is 1.91. The molecule has 140 valence electrons. The Labute approximate surface area is 157 Å². The van der Waals surface area contributed by atoms with Gasteiger partial charge in [-0.15, -0.1) is 0 Å². The summed E-state index contributed by atoms with van der Waals surface area (Å²) >= 11 is 1.66. The highest BCUT2D eigenvalue weighted by molar-refractivity contribution is 7.99. The summed E-state index contributed by atoms with van der Waals surface area (Å²) in [5, 5.41) is 12.5. The summed E-state index contributed by atoms with van der Waals surface area (Å²) in [6.45, 7) is 4.43. The van der Waals surface area contributed by atoms with Crippen LogP contribution in [0.4, 0.5) is 11.5 Å². The molecule has 0 spiro atoms. The summed E-state index contributed by atoms with van der Waals surface area (Å²) < 4.78 is 9.51. The second kappa shape index (κ2) is 7.55. The number of fused-ring (bicyclic) bond motifs is 1. The van der Waals surface area contributed by atoms with E-state index in [4.69, 9.17) is 9.72 Å². The molecule has 0 aromatic carbocycles. The molecule has 0 bridgehead atoms. The van der Waals surface area contributed by atoms with Crippen molar-refractivity contribution < 1.29 is 4.74 Å². The summed E-state index contributed by atoms with van der Waals surface area (Å²) in [4.78, 5) is 7.23. The van der Waals surface area contributed by atoms with Gasteiger partial charge in [0.1, 0.15) is 5.82 Å². The molecular weight excluding hydrogens is 350 g/mol. The van der Waals surface area contributed by atoms with Crippen molar-refractivity contribution >= 4 is 34.5 Å². The van der Waals surface area contributed by atoms with E-state index in [-0.39, 0.29) is 13.5 Å². The number of hydrogen-bond acceptors (Lipinski definition) is 7. The van der Waals surface area contributed by atoms with Crippen LogP contribution in [0, 0.1) is 0 Å². The molecule has 1 aliphatic heterocycles. The van der Waals surface area contributed by atoms with E-state index in [2.05, 4.69) is 50.8 Å². The van der Waals surface area contributed by atoms with Gasteiger partial charge in [0.05, 0.1) is 42.7 Å². The number of anilines is 2. The fraction of sp³-hybridized carbons (Fsp3) is 0.471. The second-order valence-electron chi connectivity index (χ2n) is 6.03. The van der Waals surface area contributed by atoms with Crippen LogP contribution in [-0.2, 0) is 4.74 Å². The van der Waals surface area contributed by atoms with Crippen molar-refractivity contribution in [2.45, 2.75) is 20.4 Å². The van der Waals surface area contributed by atoms with E-state index < -0.39 is 0 Å². The first kappa shape index (κ1) is 18.5. The van der Waals surface area contributed by atoms with Gasteiger partial charge in [-0.25, -0.2) is 4.98 Å². The third kappa shape index (κ3) is 3.12. The van der Waals surface area contributed by atoms with Crippen LogP contribution in [0.15, 0.2) is 24.5 Å². The summed E-state index contributed by atoms with van der Waals surface area (Å²) in [6, 6.07) is 4.31. The lowest BCUT2D eigenvalue weighted by molar-refractivity contribution is 0.0986. The third-order valence-corrected chi connectivity index (χ3v) is 5.24.